The Kier molecular flexibility index (Phi) is 4.53. The summed E-state index contributed by atoms with van der Waals surface area (Å²) in [7, 11) is 3.55. The molecule has 7 nitrogen and oxygen atoms in total. The van der Waals surface area contributed by atoms with Gasteiger partial charge in [0.1, 0.15) is 11.3 Å². The lowest BCUT2D eigenvalue weighted by atomic mass is 10.1. The summed E-state index contributed by atoms with van der Waals surface area (Å²) in [5.41, 5.74) is 6.45. The first-order valence-electron chi connectivity index (χ1n) is 9.80. The number of pyridine rings is 1. The summed E-state index contributed by atoms with van der Waals surface area (Å²) in [6, 6.07) is 12.0. The van der Waals surface area contributed by atoms with E-state index in [-0.39, 0.29) is 0 Å². The highest BCUT2D eigenvalue weighted by Gasteiger charge is 2.13. The molecule has 0 aliphatic rings. The molecular weight excluding hydrogens is 388 g/mol. The van der Waals surface area contributed by atoms with Gasteiger partial charge in [-0.15, -0.1) is 0 Å². The molecule has 0 spiro atoms. The van der Waals surface area contributed by atoms with Gasteiger partial charge in [-0.25, -0.2) is 9.20 Å². The van der Waals surface area contributed by atoms with Crippen molar-refractivity contribution in [2.75, 3.05) is 7.11 Å². The number of aromatic nitrogens is 6. The van der Waals surface area contributed by atoms with Crippen LogP contribution in [0, 0.1) is 18.8 Å². The van der Waals surface area contributed by atoms with Crippen molar-refractivity contribution < 1.29 is 4.74 Å². The van der Waals surface area contributed by atoms with Crippen molar-refractivity contribution in [2.45, 2.75) is 6.92 Å². The van der Waals surface area contributed by atoms with Gasteiger partial charge in [-0.05, 0) is 25.1 Å². The molecule has 1 aromatic carbocycles. The maximum Gasteiger partial charge on any atom is 0.146 e. The number of hydrogen-bond donors (Lipinski definition) is 0. The first-order valence-corrected chi connectivity index (χ1v) is 9.80. The van der Waals surface area contributed by atoms with Crippen molar-refractivity contribution in [1.29, 1.82) is 0 Å². The Bertz CT molecular complexity index is 1450. The van der Waals surface area contributed by atoms with Gasteiger partial charge in [-0.3, -0.25) is 4.68 Å². The molecule has 0 N–H and O–H groups in total. The van der Waals surface area contributed by atoms with Gasteiger partial charge < -0.3 is 4.74 Å². The van der Waals surface area contributed by atoms with Gasteiger partial charge in [0.15, 0.2) is 0 Å². The fraction of sp³-hybridized carbons (Fsp3) is 0.125. The predicted octanol–water partition coefficient (Wildman–Crippen LogP) is 3.64. The number of fused-ring (bicyclic) bond motifs is 1. The topological polar surface area (TPSA) is 62.2 Å². The summed E-state index contributed by atoms with van der Waals surface area (Å²) in [4.78, 5) is 0. The summed E-state index contributed by atoms with van der Waals surface area (Å²) >= 11 is 0. The number of methoxy groups -OCH3 is 1. The van der Waals surface area contributed by atoms with Gasteiger partial charge >= 0.3 is 0 Å². The van der Waals surface area contributed by atoms with Crippen LogP contribution in [0.5, 0.6) is 5.75 Å². The molecule has 0 bridgehead atoms. The van der Waals surface area contributed by atoms with Gasteiger partial charge in [0, 0.05) is 30.6 Å². The van der Waals surface area contributed by atoms with Crippen LogP contribution in [0.2, 0.25) is 0 Å². The predicted molar refractivity (Wildman–Crippen MR) is 118 cm³/mol. The number of aryl methyl sites for hydroxylation is 1. The van der Waals surface area contributed by atoms with Crippen molar-refractivity contribution >= 4 is 5.52 Å². The third kappa shape index (κ3) is 3.34. The Morgan fingerprint density at radius 1 is 0.871 bits per heavy atom. The van der Waals surface area contributed by atoms with Crippen molar-refractivity contribution in [2.24, 2.45) is 7.05 Å². The fourth-order valence-electron chi connectivity index (χ4n) is 3.56. The number of para-hydroxylation sites is 1. The highest BCUT2D eigenvalue weighted by Crippen LogP contribution is 2.29. The van der Waals surface area contributed by atoms with Crippen LogP contribution in [0.15, 0.2) is 67.4 Å². The molecule has 0 saturated carbocycles. The second-order valence-corrected chi connectivity index (χ2v) is 7.19. The van der Waals surface area contributed by atoms with Crippen LogP contribution in [0.4, 0.5) is 0 Å². The number of benzene rings is 1. The Hall–Kier alpha value is -4.31. The molecule has 7 heteroatoms. The second-order valence-electron chi connectivity index (χ2n) is 7.19. The molecule has 0 aliphatic carbocycles. The lowest BCUT2D eigenvalue weighted by Crippen LogP contribution is -1.98. The molecule has 0 atom stereocenters. The Morgan fingerprint density at radius 3 is 2.39 bits per heavy atom. The molecule has 4 heterocycles. The highest BCUT2D eigenvalue weighted by atomic mass is 16.5. The largest absolute Gasteiger partial charge is 0.494 e. The molecule has 5 aromatic rings. The summed E-state index contributed by atoms with van der Waals surface area (Å²) in [6.07, 6.45) is 9.28. The highest BCUT2D eigenvalue weighted by molar-refractivity contribution is 5.75. The molecule has 0 saturated heterocycles. The van der Waals surface area contributed by atoms with Crippen LogP contribution in [0.1, 0.15) is 16.8 Å². The third-order valence-corrected chi connectivity index (χ3v) is 5.18. The SMILES string of the molecule is COc1cc(-c2cnn(C)c2)cn2ncc(C#Cc3cnn(-c4ccccc4)c3C)c12. The van der Waals surface area contributed by atoms with Gasteiger partial charge in [-0.2, -0.15) is 15.3 Å². The minimum Gasteiger partial charge on any atom is -0.494 e. The van der Waals surface area contributed by atoms with E-state index in [1.54, 1.807) is 28.7 Å². The molecule has 0 amide bonds. The van der Waals surface area contributed by atoms with Crippen molar-refractivity contribution in [3.63, 3.8) is 0 Å². The van der Waals surface area contributed by atoms with E-state index in [0.29, 0.717) is 5.75 Å². The Morgan fingerprint density at radius 2 is 1.65 bits per heavy atom. The Balaban J connectivity index is 1.54. The number of rotatable bonds is 3. The van der Waals surface area contributed by atoms with Crippen LogP contribution < -0.4 is 4.74 Å². The van der Waals surface area contributed by atoms with Gasteiger partial charge in [0.25, 0.3) is 0 Å². The van der Waals surface area contributed by atoms with E-state index in [2.05, 4.69) is 27.1 Å². The maximum absolute atomic E-state index is 5.66. The normalized spacial score (nSPS) is 10.8. The van der Waals surface area contributed by atoms with Crippen LogP contribution in [-0.2, 0) is 7.05 Å². The molecule has 4 aromatic heterocycles. The van der Waals surface area contributed by atoms with Crippen molar-refractivity contribution in [3.05, 3.63) is 84.2 Å². The van der Waals surface area contributed by atoms with E-state index in [1.165, 1.54) is 0 Å². The molecule has 0 unspecified atom stereocenters. The summed E-state index contributed by atoms with van der Waals surface area (Å²) in [5, 5.41) is 13.2. The smallest absolute Gasteiger partial charge is 0.146 e. The standard InChI is InChI=1S/C24H20N6O/c1-17-18(12-27-30(17)22-7-5-4-6-8-22)9-10-19-13-26-29-16-20(11-23(31-3)24(19)29)21-14-25-28(2)15-21/h4-8,11-16H,1-3H3. The molecule has 31 heavy (non-hydrogen) atoms. The lowest BCUT2D eigenvalue weighted by molar-refractivity contribution is 0.417. The molecule has 0 radical (unpaired) electrons. The third-order valence-electron chi connectivity index (χ3n) is 5.18. The van der Waals surface area contributed by atoms with Gasteiger partial charge in [0.05, 0.1) is 48.2 Å². The first kappa shape index (κ1) is 18.7. The van der Waals surface area contributed by atoms with E-state index in [4.69, 9.17) is 4.74 Å². The lowest BCUT2D eigenvalue weighted by Gasteiger charge is -2.06. The zero-order valence-corrected chi connectivity index (χ0v) is 17.4. The molecule has 5 rings (SSSR count). The second kappa shape index (κ2) is 7.50. The summed E-state index contributed by atoms with van der Waals surface area (Å²) in [5.74, 6) is 7.20. The molecule has 0 fully saturated rings. The summed E-state index contributed by atoms with van der Waals surface area (Å²) < 4.78 is 11.1. The van der Waals surface area contributed by atoms with Crippen LogP contribution in [0.3, 0.4) is 0 Å². The van der Waals surface area contributed by atoms with Crippen molar-refractivity contribution in [1.82, 2.24) is 29.2 Å². The first-order chi connectivity index (χ1) is 15.1. The Labute approximate surface area is 179 Å². The molecular formula is C24H20N6O. The van der Waals surface area contributed by atoms with E-state index >= 15 is 0 Å². The minimum absolute atomic E-state index is 0.708. The van der Waals surface area contributed by atoms with E-state index in [1.807, 2.05) is 73.6 Å². The maximum atomic E-state index is 5.66. The summed E-state index contributed by atoms with van der Waals surface area (Å²) in [6.45, 7) is 2.01. The average molecular weight is 408 g/mol. The van der Waals surface area contributed by atoms with Gasteiger partial charge in [-0.1, -0.05) is 30.0 Å². The monoisotopic (exact) mass is 408 g/mol. The van der Waals surface area contributed by atoms with Crippen LogP contribution in [-0.4, -0.2) is 36.3 Å². The zero-order chi connectivity index (χ0) is 21.4. The fourth-order valence-corrected chi connectivity index (χ4v) is 3.56. The number of ether oxygens (including phenoxy) is 1. The average Bonchev–Trinajstić information content (AvgIpc) is 3.51. The van der Waals surface area contributed by atoms with E-state index < -0.39 is 0 Å². The van der Waals surface area contributed by atoms with E-state index in [0.717, 1.165) is 39.2 Å². The zero-order valence-electron chi connectivity index (χ0n) is 17.4. The number of nitrogens with zero attached hydrogens (tertiary/aromatic N) is 6. The molecule has 0 aliphatic heterocycles. The molecule has 152 valence electrons. The quantitative estimate of drug-likeness (QED) is 0.428. The van der Waals surface area contributed by atoms with E-state index in [9.17, 15) is 0 Å². The van der Waals surface area contributed by atoms with Crippen LogP contribution in [0.25, 0.3) is 22.3 Å². The minimum atomic E-state index is 0.708. The van der Waals surface area contributed by atoms with Gasteiger partial charge in [0.2, 0.25) is 0 Å². The van der Waals surface area contributed by atoms with Crippen molar-refractivity contribution in [3.8, 4) is 34.4 Å². The van der Waals surface area contributed by atoms with Crippen LogP contribution >= 0.6 is 0 Å². The number of hydrogen-bond acceptors (Lipinski definition) is 4.